The van der Waals surface area contributed by atoms with E-state index in [9.17, 15) is 14.9 Å². The zero-order valence-electron chi connectivity index (χ0n) is 23.1. The Morgan fingerprint density at radius 1 is 0.884 bits per heavy atom. The van der Waals surface area contributed by atoms with Gasteiger partial charge in [-0.3, -0.25) is 4.79 Å². The standard InChI is InChI=1S/C35H25Cl2N3O3/c1-2-43-35(42)25-16-18-28(19-17-25)40-31(23-10-5-3-6-11-23)21-26(33(40)24-12-7-4-8-13-24)20-27(22-38)34(41)39-30-15-9-14-29(36)32(30)37/h3-21H,2H2,1H3,(H,39,41)/b27-20+. The molecule has 0 radical (unpaired) electrons. The second-order valence-corrected chi connectivity index (χ2v) is 10.2. The highest BCUT2D eigenvalue weighted by molar-refractivity contribution is 6.44. The van der Waals surface area contributed by atoms with Gasteiger partial charge in [0, 0.05) is 11.3 Å². The van der Waals surface area contributed by atoms with Crippen LogP contribution in [0.5, 0.6) is 0 Å². The molecule has 212 valence electrons. The molecule has 0 aliphatic heterocycles. The van der Waals surface area contributed by atoms with Crippen molar-refractivity contribution in [3.8, 4) is 34.3 Å². The molecule has 8 heteroatoms. The number of nitriles is 1. The zero-order chi connectivity index (χ0) is 30.3. The first-order chi connectivity index (χ1) is 20.9. The van der Waals surface area contributed by atoms with Crippen molar-refractivity contribution < 1.29 is 14.3 Å². The molecule has 1 amide bonds. The van der Waals surface area contributed by atoms with E-state index >= 15 is 0 Å². The lowest BCUT2D eigenvalue weighted by atomic mass is 10.0. The van der Waals surface area contributed by atoms with Gasteiger partial charge in [0.15, 0.2) is 0 Å². The van der Waals surface area contributed by atoms with Gasteiger partial charge in [0.05, 0.1) is 39.3 Å². The van der Waals surface area contributed by atoms with E-state index in [1.807, 2.05) is 89.5 Å². The maximum atomic E-state index is 13.3. The van der Waals surface area contributed by atoms with Crippen molar-refractivity contribution in [1.82, 2.24) is 4.57 Å². The molecule has 43 heavy (non-hydrogen) atoms. The molecule has 5 rings (SSSR count). The average Bonchev–Trinajstić information content (AvgIpc) is 3.42. The van der Waals surface area contributed by atoms with E-state index in [4.69, 9.17) is 27.9 Å². The van der Waals surface area contributed by atoms with Crippen molar-refractivity contribution in [3.63, 3.8) is 0 Å². The molecule has 0 spiro atoms. The Bertz CT molecular complexity index is 1860. The largest absolute Gasteiger partial charge is 0.462 e. The molecule has 1 heterocycles. The van der Waals surface area contributed by atoms with Crippen molar-refractivity contribution in [3.05, 3.63) is 136 Å². The molecule has 0 bridgehead atoms. The second-order valence-electron chi connectivity index (χ2n) is 9.39. The topological polar surface area (TPSA) is 84.1 Å². The Morgan fingerprint density at radius 2 is 1.53 bits per heavy atom. The Hall–Kier alpha value is -5.09. The van der Waals surface area contributed by atoms with E-state index in [1.54, 1.807) is 43.3 Å². The summed E-state index contributed by atoms with van der Waals surface area (Å²) in [6.07, 6.45) is 1.56. The molecule has 6 nitrogen and oxygen atoms in total. The van der Waals surface area contributed by atoms with Crippen molar-refractivity contribution in [1.29, 1.82) is 5.26 Å². The van der Waals surface area contributed by atoms with Crippen molar-refractivity contribution in [2.45, 2.75) is 6.92 Å². The Morgan fingerprint density at radius 3 is 2.16 bits per heavy atom. The maximum Gasteiger partial charge on any atom is 0.338 e. The first-order valence-electron chi connectivity index (χ1n) is 13.4. The highest BCUT2D eigenvalue weighted by Crippen LogP contribution is 2.37. The number of amides is 1. The number of nitrogens with zero attached hydrogens (tertiary/aromatic N) is 2. The fourth-order valence-electron chi connectivity index (χ4n) is 4.68. The average molecular weight is 607 g/mol. The number of halogens is 2. The van der Waals surface area contributed by atoms with Crippen LogP contribution in [0.25, 0.3) is 34.3 Å². The Balaban J connectivity index is 1.70. The third-order valence-electron chi connectivity index (χ3n) is 6.65. The number of ether oxygens (including phenoxy) is 1. The smallest absolute Gasteiger partial charge is 0.338 e. The van der Waals surface area contributed by atoms with E-state index in [0.717, 1.165) is 28.2 Å². The van der Waals surface area contributed by atoms with Crippen LogP contribution < -0.4 is 5.32 Å². The number of anilines is 1. The lowest BCUT2D eigenvalue weighted by Crippen LogP contribution is -2.13. The molecule has 4 aromatic carbocycles. The number of esters is 1. The SMILES string of the molecule is CCOC(=O)c1ccc(-n2c(-c3ccccc3)cc(/C=C(\C#N)C(=O)Nc3cccc(Cl)c3Cl)c2-c2ccccc2)cc1. The van der Waals surface area contributed by atoms with E-state index in [-0.39, 0.29) is 22.2 Å². The molecule has 0 atom stereocenters. The van der Waals surface area contributed by atoms with Gasteiger partial charge in [0.1, 0.15) is 11.6 Å². The summed E-state index contributed by atoms with van der Waals surface area (Å²) in [5.74, 6) is -1.03. The summed E-state index contributed by atoms with van der Waals surface area (Å²) < 4.78 is 7.21. The summed E-state index contributed by atoms with van der Waals surface area (Å²) in [7, 11) is 0. The molecule has 0 aliphatic rings. The number of carbonyl (C=O) groups is 2. The number of hydrogen-bond donors (Lipinski definition) is 1. The number of hydrogen-bond acceptors (Lipinski definition) is 4. The van der Waals surface area contributed by atoms with Crippen LogP contribution in [-0.4, -0.2) is 23.1 Å². The lowest BCUT2D eigenvalue weighted by molar-refractivity contribution is -0.112. The molecule has 0 saturated carbocycles. The number of carbonyl (C=O) groups excluding carboxylic acids is 2. The first kappa shape index (κ1) is 29.4. The number of aromatic nitrogens is 1. The molecule has 0 aliphatic carbocycles. The van der Waals surface area contributed by atoms with Gasteiger partial charge in [0.2, 0.25) is 0 Å². The minimum Gasteiger partial charge on any atom is -0.462 e. The predicted octanol–water partition coefficient (Wildman–Crippen LogP) is 8.84. The van der Waals surface area contributed by atoms with Gasteiger partial charge in [0.25, 0.3) is 5.91 Å². The van der Waals surface area contributed by atoms with Crippen LogP contribution in [0.2, 0.25) is 10.0 Å². The van der Waals surface area contributed by atoms with Crippen LogP contribution in [-0.2, 0) is 9.53 Å². The summed E-state index contributed by atoms with van der Waals surface area (Å²) in [6, 6.07) is 35.5. The second kappa shape index (κ2) is 13.3. The summed E-state index contributed by atoms with van der Waals surface area (Å²) in [4.78, 5) is 25.6. The molecular weight excluding hydrogens is 581 g/mol. The minimum atomic E-state index is -0.626. The highest BCUT2D eigenvalue weighted by Gasteiger charge is 2.21. The van der Waals surface area contributed by atoms with Crippen LogP contribution >= 0.6 is 23.2 Å². The highest BCUT2D eigenvalue weighted by atomic mass is 35.5. The molecule has 0 unspecified atom stereocenters. The third kappa shape index (κ3) is 6.39. The van der Waals surface area contributed by atoms with E-state index in [1.165, 1.54) is 0 Å². The summed E-state index contributed by atoms with van der Waals surface area (Å²) in [5.41, 5.74) is 5.39. The molecule has 0 fully saturated rings. The third-order valence-corrected chi connectivity index (χ3v) is 7.47. The predicted molar refractivity (Wildman–Crippen MR) is 171 cm³/mol. The van der Waals surface area contributed by atoms with Crippen LogP contribution in [0.3, 0.4) is 0 Å². The summed E-state index contributed by atoms with van der Waals surface area (Å²) >= 11 is 12.4. The van der Waals surface area contributed by atoms with Crippen molar-refractivity contribution in [2.24, 2.45) is 0 Å². The van der Waals surface area contributed by atoms with E-state index < -0.39 is 11.9 Å². The van der Waals surface area contributed by atoms with Crippen LogP contribution in [0.4, 0.5) is 5.69 Å². The fourth-order valence-corrected chi connectivity index (χ4v) is 5.02. The zero-order valence-corrected chi connectivity index (χ0v) is 24.6. The minimum absolute atomic E-state index is 0.123. The fraction of sp³-hybridized carbons (Fsp3) is 0.0571. The molecule has 5 aromatic rings. The van der Waals surface area contributed by atoms with Gasteiger partial charge in [-0.2, -0.15) is 5.26 Å². The van der Waals surface area contributed by atoms with E-state index in [2.05, 4.69) is 5.32 Å². The first-order valence-corrected chi connectivity index (χ1v) is 14.2. The van der Waals surface area contributed by atoms with Gasteiger partial charge in [-0.05, 0) is 66.6 Å². The van der Waals surface area contributed by atoms with Crippen LogP contribution in [0.15, 0.2) is 115 Å². The Kier molecular flexibility index (Phi) is 9.07. The van der Waals surface area contributed by atoms with E-state index in [0.29, 0.717) is 16.8 Å². The van der Waals surface area contributed by atoms with Gasteiger partial charge >= 0.3 is 5.97 Å². The van der Waals surface area contributed by atoms with Gasteiger partial charge in [-0.25, -0.2) is 4.79 Å². The lowest BCUT2D eigenvalue weighted by Gasteiger charge is -2.15. The Labute approximate surface area is 259 Å². The van der Waals surface area contributed by atoms with Gasteiger partial charge in [-0.1, -0.05) is 89.9 Å². The normalized spacial score (nSPS) is 11.1. The van der Waals surface area contributed by atoms with Crippen LogP contribution in [0.1, 0.15) is 22.8 Å². The van der Waals surface area contributed by atoms with Crippen LogP contribution in [0, 0.1) is 11.3 Å². The quantitative estimate of drug-likeness (QED) is 0.109. The summed E-state index contributed by atoms with van der Waals surface area (Å²) in [5, 5.41) is 13.2. The van der Waals surface area contributed by atoms with Crippen molar-refractivity contribution >= 4 is 46.8 Å². The number of rotatable bonds is 8. The van der Waals surface area contributed by atoms with Gasteiger partial charge < -0.3 is 14.6 Å². The molecule has 1 N–H and O–H groups in total. The molecular formula is C35H25Cl2N3O3. The summed E-state index contributed by atoms with van der Waals surface area (Å²) in [6.45, 7) is 2.04. The van der Waals surface area contributed by atoms with Gasteiger partial charge in [-0.15, -0.1) is 0 Å². The molecule has 0 saturated heterocycles. The maximum absolute atomic E-state index is 13.3. The van der Waals surface area contributed by atoms with Crippen molar-refractivity contribution in [2.75, 3.05) is 11.9 Å². The monoisotopic (exact) mass is 605 g/mol. The number of benzene rings is 4. The molecule has 1 aromatic heterocycles. The number of nitrogens with one attached hydrogen (secondary N) is 1.